The Morgan fingerprint density at radius 1 is 1.20 bits per heavy atom. The lowest BCUT2D eigenvalue weighted by atomic mass is 10.0. The third-order valence-corrected chi connectivity index (χ3v) is 4.57. The number of hydrogen-bond acceptors (Lipinski definition) is 4. The van der Waals surface area contributed by atoms with Gasteiger partial charge in [0.15, 0.2) is 0 Å². The van der Waals surface area contributed by atoms with Crippen LogP contribution in [0.15, 0.2) is 54.6 Å². The number of nitrogens with zero attached hydrogens (tertiary/aromatic N) is 1. The van der Waals surface area contributed by atoms with Crippen molar-refractivity contribution in [1.29, 1.82) is 0 Å². The fourth-order valence-electron chi connectivity index (χ4n) is 2.92. The monoisotopic (exact) mass is 340 g/mol. The Balaban J connectivity index is 1.56. The minimum Gasteiger partial charge on any atom is -0.387 e. The van der Waals surface area contributed by atoms with E-state index >= 15 is 0 Å². The molecule has 25 heavy (non-hydrogen) atoms. The van der Waals surface area contributed by atoms with Crippen molar-refractivity contribution in [3.05, 3.63) is 60.2 Å². The third-order valence-electron chi connectivity index (χ3n) is 4.57. The number of aliphatic hydroxyl groups is 1. The highest BCUT2D eigenvalue weighted by atomic mass is 16.5. The number of carbonyl (C=O) groups is 1. The number of nitrogens with one attached hydrogen (secondary N) is 1. The van der Waals surface area contributed by atoms with E-state index in [1.165, 1.54) is 0 Å². The van der Waals surface area contributed by atoms with Crippen LogP contribution < -0.4 is 5.32 Å². The molecule has 132 valence electrons. The van der Waals surface area contributed by atoms with Crippen LogP contribution in [0.2, 0.25) is 0 Å². The smallest absolute Gasteiger partial charge is 0.239 e. The predicted octanol–water partition coefficient (Wildman–Crippen LogP) is 1.83. The van der Waals surface area contributed by atoms with Crippen LogP contribution in [0.4, 0.5) is 0 Å². The molecule has 1 aliphatic rings. The second kappa shape index (κ2) is 8.25. The summed E-state index contributed by atoms with van der Waals surface area (Å²) in [7, 11) is 1.91. The summed E-state index contributed by atoms with van der Waals surface area (Å²) < 4.78 is 5.36. The largest absolute Gasteiger partial charge is 0.387 e. The molecule has 1 amide bonds. The Labute approximate surface area is 148 Å². The van der Waals surface area contributed by atoms with Crippen LogP contribution in [0.1, 0.15) is 11.7 Å². The average molecular weight is 340 g/mol. The second-order valence-corrected chi connectivity index (χ2v) is 6.32. The van der Waals surface area contributed by atoms with Crippen molar-refractivity contribution in [2.24, 2.45) is 0 Å². The minimum atomic E-state index is -0.733. The van der Waals surface area contributed by atoms with Gasteiger partial charge in [-0.2, -0.15) is 0 Å². The molecule has 2 atom stereocenters. The lowest BCUT2D eigenvalue weighted by Crippen LogP contribution is -2.52. The van der Waals surface area contributed by atoms with E-state index in [2.05, 4.69) is 17.4 Å². The highest BCUT2D eigenvalue weighted by Gasteiger charge is 2.26. The van der Waals surface area contributed by atoms with Crippen molar-refractivity contribution in [1.82, 2.24) is 10.2 Å². The number of hydrogen-bond donors (Lipinski definition) is 2. The molecule has 1 aliphatic heterocycles. The summed E-state index contributed by atoms with van der Waals surface area (Å²) in [5.74, 6) is -0.109. The topological polar surface area (TPSA) is 61.8 Å². The first kappa shape index (κ1) is 17.6. The first-order chi connectivity index (χ1) is 12.1. The van der Waals surface area contributed by atoms with Gasteiger partial charge in [0, 0.05) is 13.1 Å². The highest BCUT2D eigenvalue weighted by Crippen LogP contribution is 2.21. The zero-order valence-electron chi connectivity index (χ0n) is 14.4. The van der Waals surface area contributed by atoms with E-state index in [9.17, 15) is 9.90 Å². The standard InChI is InChI=1S/C20H24N2O3/c1-22-11-12-25-14-18(22)20(24)21-13-19(23)17-9-7-16(8-10-17)15-5-3-2-4-6-15/h2-10,18-19,23H,11-14H2,1H3,(H,21,24)/t18-,19-/m0/s1. The van der Waals surface area contributed by atoms with Crippen molar-refractivity contribution in [2.45, 2.75) is 12.1 Å². The number of benzene rings is 2. The van der Waals surface area contributed by atoms with Gasteiger partial charge in [-0.3, -0.25) is 9.69 Å². The molecule has 0 bridgehead atoms. The van der Waals surface area contributed by atoms with Gasteiger partial charge in [0.2, 0.25) is 5.91 Å². The van der Waals surface area contributed by atoms with Gasteiger partial charge in [0.1, 0.15) is 6.04 Å². The molecular weight excluding hydrogens is 316 g/mol. The molecule has 0 saturated carbocycles. The third kappa shape index (κ3) is 4.45. The Morgan fingerprint density at radius 2 is 1.88 bits per heavy atom. The minimum absolute atomic E-state index is 0.109. The predicted molar refractivity (Wildman–Crippen MR) is 97.1 cm³/mol. The lowest BCUT2D eigenvalue weighted by Gasteiger charge is -2.31. The summed E-state index contributed by atoms with van der Waals surface area (Å²) >= 11 is 0. The maximum atomic E-state index is 12.2. The second-order valence-electron chi connectivity index (χ2n) is 6.32. The zero-order valence-corrected chi connectivity index (χ0v) is 14.4. The van der Waals surface area contributed by atoms with Crippen molar-refractivity contribution in [2.75, 3.05) is 33.4 Å². The molecule has 0 aromatic heterocycles. The van der Waals surface area contributed by atoms with Gasteiger partial charge < -0.3 is 15.2 Å². The number of carbonyl (C=O) groups excluding carboxylic acids is 1. The number of ether oxygens (including phenoxy) is 1. The molecule has 5 nitrogen and oxygen atoms in total. The first-order valence-electron chi connectivity index (χ1n) is 8.54. The molecule has 0 aliphatic carbocycles. The summed E-state index contributed by atoms with van der Waals surface area (Å²) in [5, 5.41) is 13.2. The normalized spacial score (nSPS) is 19.4. The molecule has 2 aromatic carbocycles. The first-order valence-corrected chi connectivity index (χ1v) is 8.54. The van der Waals surface area contributed by atoms with E-state index in [-0.39, 0.29) is 18.5 Å². The molecule has 0 unspecified atom stereocenters. The van der Waals surface area contributed by atoms with E-state index in [0.717, 1.165) is 23.2 Å². The Bertz CT molecular complexity index is 688. The highest BCUT2D eigenvalue weighted by molar-refractivity contribution is 5.82. The quantitative estimate of drug-likeness (QED) is 0.872. The van der Waals surface area contributed by atoms with Crippen LogP contribution in [-0.4, -0.2) is 55.3 Å². The molecule has 2 N–H and O–H groups in total. The number of amides is 1. The van der Waals surface area contributed by atoms with Crippen LogP contribution in [0.3, 0.4) is 0 Å². The van der Waals surface area contributed by atoms with Gasteiger partial charge in [0.25, 0.3) is 0 Å². The van der Waals surface area contributed by atoms with E-state index in [1.807, 2.05) is 54.4 Å². The van der Waals surface area contributed by atoms with Gasteiger partial charge >= 0.3 is 0 Å². The average Bonchev–Trinajstić information content (AvgIpc) is 2.67. The molecule has 3 rings (SSSR count). The Hall–Kier alpha value is -2.21. The van der Waals surface area contributed by atoms with Crippen molar-refractivity contribution < 1.29 is 14.6 Å². The molecule has 0 spiro atoms. The van der Waals surface area contributed by atoms with Gasteiger partial charge in [-0.15, -0.1) is 0 Å². The fraction of sp³-hybridized carbons (Fsp3) is 0.350. The van der Waals surface area contributed by atoms with Crippen molar-refractivity contribution >= 4 is 5.91 Å². The van der Waals surface area contributed by atoms with Crippen LogP contribution in [0.25, 0.3) is 11.1 Å². The maximum Gasteiger partial charge on any atom is 0.239 e. The molecule has 1 heterocycles. The number of aliphatic hydroxyl groups excluding tert-OH is 1. The van der Waals surface area contributed by atoms with Crippen LogP contribution in [-0.2, 0) is 9.53 Å². The lowest BCUT2D eigenvalue weighted by molar-refractivity contribution is -0.131. The van der Waals surface area contributed by atoms with Gasteiger partial charge in [-0.1, -0.05) is 54.6 Å². The van der Waals surface area contributed by atoms with E-state index in [0.29, 0.717) is 13.2 Å². The molecule has 2 aromatic rings. The molecule has 5 heteroatoms. The van der Waals surface area contributed by atoms with Crippen molar-refractivity contribution in [3.8, 4) is 11.1 Å². The summed E-state index contributed by atoms with van der Waals surface area (Å²) in [5.41, 5.74) is 3.02. The van der Waals surface area contributed by atoms with E-state index in [1.54, 1.807) is 0 Å². The maximum absolute atomic E-state index is 12.2. The SMILES string of the molecule is CN1CCOC[C@H]1C(=O)NC[C@H](O)c1ccc(-c2ccccc2)cc1. The summed E-state index contributed by atoms with van der Waals surface area (Å²) in [4.78, 5) is 14.2. The Morgan fingerprint density at radius 3 is 2.56 bits per heavy atom. The number of likely N-dealkylation sites (N-methyl/N-ethyl adjacent to an activating group) is 1. The molecular formula is C20H24N2O3. The fourth-order valence-corrected chi connectivity index (χ4v) is 2.92. The van der Waals surface area contributed by atoms with Gasteiger partial charge in [-0.25, -0.2) is 0 Å². The summed E-state index contributed by atoms with van der Waals surface area (Å²) in [6, 6.07) is 17.6. The van der Waals surface area contributed by atoms with Crippen LogP contribution in [0.5, 0.6) is 0 Å². The van der Waals surface area contributed by atoms with Crippen molar-refractivity contribution in [3.63, 3.8) is 0 Å². The Kier molecular flexibility index (Phi) is 5.81. The van der Waals surface area contributed by atoms with E-state index in [4.69, 9.17) is 4.74 Å². The van der Waals surface area contributed by atoms with Crippen LogP contribution >= 0.6 is 0 Å². The van der Waals surface area contributed by atoms with E-state index < -0.39 is 6.10 Å². The van der Waals surface area contributed by atoms with Crippen LogP contribution in [0, 0.1) is 0 Å². The zero-order chi connectivity index (χ0) is 17.6. The number of morpholine rings is 1. The molecule has 0 radical (unpaired) electrons. The number of rotatable bonds is 5. The summed E-state index contributed by atoms with van der Waals surface area (Å²) in [6.07, 6.45) is -0.733. The van der Waals surface area contributed by atoms with Gasteiger partial charge in [0.05, 0.1) is 19.3 Å². The van der Waals surface area contributed by atoms with Gasteiger partial charge in [-0.05, 0) is 23.7 Å². The molecule has 1 fully saturated rings. The molecule has 1 saturated heterocycles. The summed E-state index contributed by atoms with van der Waals surface area (Å²) in [6.45, 7) is 1.97.